The predicted octanol–water partition coefficient (Wildman–Crippen LogP) is 1.27. The maximum atomic E-state index is 9.60. The zero-order valence-corrected chi connectivity index (χ0v) is 8.87. The lowest BCUT2D eigenvalue weighted by Crippen LogP contribution is -2.50. The van der Waals surface area contributed by atoms with E-state index in [2.05, 4.69) is 29.6 Å². The van der Waals surface area contributed by atoms with E-state index in [4.69, 9.17) is 0 Å². The van der Waals surface area contributed by atoms with E-state index in [9.17, 15) is 5.11 Å². The minimum atomic E-state index is -0.0646. The van der Waals surface area contributed by atoms with Crippen LogP contribution in [0.1, 0.15) is 24.0 Å². The summed E-state index contributed by atoms with van der Waals surface area (Å²) in [6.07, 6.45) is 4.52. The molecule has 2 nitrogen and oxygen atoms in total. The Morgan fingerprint density at radius 1 is 1.20 bits per heavy atom. The third-order valence-electron chi connectivity index (χ3n) is 3.57. The van der Waals surface area contributed by atoms with Crippen LogP contribution in [0.4, 0.5) is 0 Å². The largest absolute Gasteiger partial charge is 0.394 e. The van der Waals surface area contributed by atoms with Gasteiger partial charge in [0.2, 0.25) is 0 Å². The minimum Gasteiger partial charge on any atom is -0.394 e. The molecule has 0 spiro atoms. The second-order valence-corrected chi connectivity index (χ2v) is 4.98. The second-order valence-electron chi connectivity index (χ2n) is 4.98. The molecule has 0 bridgehead atoms. The molecular formula is C13H17NO. The van der Waals surface area contributed by atoms with Crippen molar-refractivity contribution in [2.45, 2.75) is 37.3 Å². The summed E-state index contributed by atoms with van der Waals surface area (Å²) in [5, 5.41) is 13.2. The Labute approximate surface area is 90.3 Å². The summed E-state index contributed by atoms with van der Waals surface area (Å²) in [6, 6.07) is 9.20. The molecule has 1 saturated carbocycles. The van der Waals surface area contributed by atoms with E-state index < -0.39 is 0 Å². The summed E-state index contributed by atoms with van der Waals surface area (Å²) < 4.78 is 0. The van der Waals surface area contributed by atoms with Crippen LogP contribution >= 0.6 is 0 Å². The molecule has 1 fully saturated rings. The molecule has 1 aromatic rings. The Morgan fingerprint density at radius 3 is 2.27 bits per heavy atom. The number of nitrogens with one attached hydrogen (secondary N) is 1. The van der Waals surface area contributed by atoms with Crippen molar-refractivity contribution in [2.75, 3.05) is 6.61 Å². The van der Waals surface area contributed by atoms with Crippen LogP contribution < -0.4 is 5.32 Å². The number of benzene rings is 1. The van der Waals surface area contributed by atoms with Gasteiger partial charge >= 0.3 is 0 Å². The maximum Gasteiger partial charge on any atom is 0.0619 e. The van der Waals surface area contributed by atoms with Gasteiger partial charge in [-0.3, -0.25) is 0 Å². The number of aliphatic hydroxyl groups is 1. The van der Waals surface area contributed by atoms with Crippen molar-refractivity contribution in [1.82, 2.24) is 5.32 Å². The van der Waals surface area contributed by atoms with Gasteiger partial charge in [-0.1, -0.05) is 24.3 Å². The highest BCUT2D eigenvalue weighted by atomic mass is 16.3. The van der Waals surface area contributed by atoms with Crippen molar-refractivity contribution in [1.29, 1.82) is 0 Å². The Balaban J connectivity index is 1.84. The molecule has 0 unspecified atom stereocenters. The van der Waals surface area contributed by atoms with E-state index in [0.717, 1.165) is 12.8 Å². The van der Waals surface area contributed by atoms with Crippen molar-refractivity contribution >= 4 is 0 Å². The molecule has 15 heavy (non-hydrogen) atoms. The van der Waals surface area contributed by atoms with Crippen LogP contribution in [-0.2, 0) is 12.8 Å². The summed E-state index contributed by atoms with van der Waals surface area (Å²) in [5.41, 5.74) is 2.74. The summed E-state index contributed by atoms with van der Waals surface area (Å²) in [4.78, 5) is 0. The van der Waals surface area contributed by atoms with Gasteiger partial charge in [0.15, 0.2) is 0 Å². The van der Waals surface area contributed by atoms with Gasteiger partial charge in [-0.05, 0) is 36.8 Å². The Bertz CT molecular complexity index is 346. The van der Waals surface area contributed by atoms with E-state index in [1.165, 1.54) is 24.0 Å². The first-order valence-corrected chi connectivity index (χ1v) is 5.77. The van der Waals surface area contributed by atoms with E-state index in [1.807, 2.05) is 0 Å². The van der Waals surface area contributed by atoms with Gasteiger partial charge in [0, 0.05) is 11.6 Å². The molecule has 0 amide bonds. The van der Waals surface area contributed by atoms with Gasteiger partial charge < -0.3 is 10.4 Å². The Hall–Kier alpha value is -0.860. The quantitative estimate of drug-likeness (QED) is 0.775. The minimum absolute atomic E-state index is 0.0646. The molecule has 2 aliphatic rings. The normalized spacial score (nSPS) is 22.7. The highest BCUT2D eigenvalue weighted by Gasteiger charge is 2.40. The summed E-state index contributed by atoms with van der Waals surface area (Å²) in [6.45, 7) is 0.248. The first-order chi connectivity index (χ1) is 7.31. The van der Waals surface area contributed by atoms with Gasteiger partial charge in [-0.2, -0.15) is 0 Å². The van der Waals surface area contributed by atoms with Crippen LogP contribution in [0.15, 0.2) is 24.3 Å². The van der Waals surface area contributed by atoms with E-state index in [1.54, 1.807) is 0 Å². The molecular weight excluding hydrogens is 186 g/mol. The number of hydrogen-bond donors (Lipinski definition) is 2. The average Bonchev–Trinajstić information content (AvgIpc) is 2.97. The van der Waals surface area contributed by atoms with Crippen LogP contribution in [0, 0.1) is 0 Å². The van der Waals surface area contributed by atoms with Crippen LogP contribution in [0.3, 0.4) is 0 Å². The van der Waals surface area contributed by atoms with E-state index in [-0.39, 0.29) is 12.1 Å². The summed E-state index contributed by atoms with van der Waals surface area (Å²) in [7, 11) is 0. The fraction of sp³-hybridized carbons (Fsp3) is 0.538. The molecule has 2 aliphatic carbocycles. The molecule has 3 rings (SSSR count). The molecule has 80 valence electrons. The molecule has 0 saturated heterocycles. The van der Waals surface area contributed by atoms with Gasteiger partial charge in [0.1, 0.15) is 0 Å². The van der Waals surface area contributed by atoms with Crippen LogP contribution in [0.25, 0.3) is 0 Å². The average molecular weight is 203 g/mol. The lowest BCUT2D eigenvalue weighted by atomic mass is 9.97. The van der Waals surface area contributed by atoms with Crippen molar-refractivity contribution in [3.05, 3.63) is 35.4 Å². The van der Waals surface area contributed by atoms with Gasteiger partial charge in [0.05, 0.1) is 6.61 Å². The molecule has 1 aromatic carbocycles. The third kappa shape index (κ3) is 1.68. The fourth-order valence-corrected chi connectivity index (χ4v) is 2.61. The topological polar surface area (TPSA) is 32.3 Å². The molecule has 0 aliphatic heterocycles. The van der Waals surface area contributed by atoms with Crippen LogP contribution in [-0.4, -0.2) is 23.3 Å². The lowest BCUT2D eigenvalue weighted by Gasteiger charge is -2.28. The van der Waals surface area contributed by atoms with Crippen LogP contribution in [0.5, 0.6) is 0 Å². The molecule has 0 heterocycles. The zero-order chi connectivity index (χ0) is 10.3. The first-order valence-electron chi connectivity index (χ1n) is 5.77. The molecule has 0 radical (unpaired) electrons. The van der Waals surface area contributed by atoms with Gasteiger partial charge in [-0.25, -0.2) is 0 Å². The summed E-state index contributed by atoms with van der Waals surface area (Å²) >= 11 is 0. The molecule has 2 heteroatoms. The Morgan fingerprint density at radius 2 is 1.80 bits per heavy atom. The monoisotopic (exact) mass is 203 g/mol. The fourth-order valence-electron chi connectivity index (χ4n) is 2.61. The predicted molar refractivity (Wildman–Crippen MR) is 59.8 cm³/mol. The van der Waals surface area contributed by atoms with Crippen LogP contribution in [0.2, 0.25) is 0 Å². The number of hydrogen-bond acceptors (Lipinski definition) is 2. The first kappa shape index (κ1) is 9.37. The highest BCUT2D eigenvalue weighted by molar-refractivity contribution is 5.36. The van der Waals surface area contributed by atoms with Crippen molar-refractivity contribution in [3.8, 4) is 0 Å². The zero-order valence-electron chi connectivity index (χ0n) is 8.87. The molecule has 0 atom stereocenters. The number of rotatable bonds is 3. The van der Waals surface area contributed by atoms with Gasteiger partial charge in [0.25, 0.3) is 0 Å². The van der Waals surface area contributed by atoms with Gasteiger partial charge in [-0.15, -0.1) is 0 Å². The van der Waals surface area contributed by atoms with Crippen molar-refractivity contribution in [2.24, 2.45) is 0 Å². The number of aliphatic hydroxyl groups excluding tert-OH is 1. The smallest absolute Gasteiger partial charge is 0.0619 e. The third-order valence-corrected chi connectivity index (χ3v) is 3.57. The second kappa shape index (κ2) is 3.32. The molecule has 2 N–H and O–H groups in total. The SMILES string of the molecule is OCC1(NC2CC2)Cc2ccccc2C1. The standard InChI is InChI=1S/C13H17NO/c15-9-13(14-12-5-6-12)7-10-3-1-2-4-11(10)8-13/h1-4,12,14-15H,5-9H2. The highest BCUT2D eigenvalue weighted by Crippen LogP contribution is 2.33. The molecule has 0 aromatic heterocycles. The summed E-state index contributed by atoms with van der Waals surface area (Å²) in [5.74, 6) is 0. The number of fused-ring (bicyclic) bond motifs is 1. The Kier molecular flexibility index (Phi) is 2.08. The van der Waals surface area contributed by atoms with Crippen molar-refractivity contribution in [3.63, 3.8) is 0 Å². The lowest BCUT2D eigenvalue weighted by molar-refractivity contribution is 0.165. The van der Waals surface area contributed by atoms with Crippen molar-refractivity contribution < 1.29 is 5.11 Å². The van der Waals surface area contributed by atoms with E-state index >= 15 is 0 Å². The van der Waals surface area contributed by atoms with E-state index in [0.29, 0.717) is 6.04 Å². The maximum absolute atomic E-state index is 9.60.